The fourth-order valence-corrected chi connectivity index (χ4v) is 3.77. The number of carbonyl (C=O) groups excluding carboxylic acids is 2. The molecule has 1 N–H and O–H groups in total. The molecule has 0 spiro atoms. The molecule has 0 saturated heterocycles. The maximum atomic E-state index is 12.3. The Hall–Kier alpha value is -1.76. The molecule has 2 rings (SSSR count). The summed E-state index contributed by atoms with van der Waals surface area (Å²) in [5.41, 5.74) is 1.21. The number of ketones is 1. The number of benzene rings is 1. The van der Waals surface area contributed by atoms with Crippen molar-refractivity contribution in [3.63, 3.8) is 0 Å². The minimum Gasteiger partial charge on any atom is -0.325 e. The fraction of sp³-hybridized carbons (Fsp3) is 0.222. The number of rotatable bonds is 8. The van der Waals surface area contributed by atoms with Gasteiger partial charge in [-0.3, -0.25) is 14.5 Å². The summed E-state index contributed by atoms with van der Waals surface area (Å²) in [5, 5.41) is 2.84. The Morgan fingerprint density at radius 1 is 1.33 bits per heavy atom. The van der Waals surface area contributed by atoms with Crippen molar-refractivity contribution in [2.45, 2.75) is 13.5 Å². The second-order valence-electron chi connectivity index (χ2n) is 5.35. The molecular weight excluding hydrogens is 388 g/mol. The molecular formula is C18H19BrN2O2S. The lowest BCUT2D eigenvalue weighted by Crippen LogP contribution is -2.32. The Balaban J connectivity index is 1.98. The van der Waals surface area contributed by atoms with Gasteiger partial charge >= 0.3 is 0 Å². The van der Waals surface area contributed by atoms with Crippen LogP contribution in [0.4, 0.5) is 5.69 Å². The van der Waals surface area contributed by atoms with Crippen LogP contribution in [0.1, 0.15) is 22.2 Å². The molecule has 0 radical (unpaired) electrons. The van der Waals surface area contributed by atoms with Crippen LogP contribution in [0.2, 0.25) is 0 Å². The van der Waals surface area contributed by atoms with E-state index in [1.165, 1.54) is 11.8 Å². The van der Waals surface area contributed by atoms with Crippen molar-refractivity contribution in [2.75, 3.05) is 18.4 Å². The molecule has 24 heavy (non-hydrogen) atoms. The van der Waals surface area contributed by atoms with E-state index >= 15 is 0 Å². The molecule has 1 heterocycles. The first kappa shape index (κ1) is 18.6. The highest BCUT2D eigenvalue weighted by atomic mass is 79.9. The second-order valence-corrected chi connectivity index (χ2v) is 7.90. The number of hydrogen-bond acceptors (Lipinski definition) is 4. The summed E-state index contributed by atoms with van der Waals surface area (Å²) in [5.74, 6) is -0.143. The van der Waals surface area contributed by atoms with Crippen molar-refractivity contribution >= 4 is 44.6 Å². The van der Waals surface area contributed by atoms with E-state index in [0.717, 1.165) is 3.79 Å². The number of carbonyl (C=O) groups is 2. The van der Waals surface area contributed by atoms with Crippen LogP contribution in [-0.4, -0.2) is 29.7 Å². The lowest BCUT2D eigenvalue weighted by molar-refractivity contribution is -0.117. The predicted molar refractivity (Wildman–Crippen MR) is 103 cm³/mol. The largest absolute Gasteiger partial charge is 0.325 e. The molecule has 0 unspecified atom stereocenters. The van der Waals surface area contributed by atoms with Crippen molar-refractivity contribution in [3.05, 3.63) is 63.3 Å². The molecule has 4 nitrogen and oxygen atoms in total. The van der Waals surface area contributed by atoms with Gasteiger partial charge in [-0.25, -0.2) is 0 Å². The second kappa shape index (κ2) is 8.92. The van der Waals surface area contributed by atoms with Gasteiger partial charge in [-0.15, -0.1) is 17.9 Å². The quantitative estimate of drug-likeness (QED) is 0.523. The summed E-state index contributed by atoms with van der Waals surface area (Å²) < 4.78 is 1.07. The van der Waals surface area contributed by atoms with E-state index in [9.17, 15) is 9.59 Å². The normalized spacial score (nSPS) is 10.6. The summed E-state index contributed by atoms with van der Waals surface area (Å²) in [7, 11) is 0. The van der Waals surface area contributed by atoms with Gasteiger partial charge in [0.2, 0.25) is 5.91 Å². The van der Waals surface area contributed by atoms with Crippen LogP contribution in [0, 0.1) is 0 Å². The number of halogens is 1. The van der Waals surface area contributed by atoms with Crippen LogP contribution in [0.15, 0.2) is 52.8 Å². The summed E-state index contributed by atoms with van der Waals surface area (Å²) in [6.07, 6.45) is 1.78. The highest BCUT2D eigenvalue weighted by molar-refractivity contribution is 9.11. The lowest BCUT2D eigenvalue weighted by atomic mass is 10.1. The first-order valence-corrected chi connectivity index (χ1v) is 9.07. The molecule has 0 atom stereocenters. The number of amides is 1. The van der Waals surface area contributed by atoms with Gasteiger partial charge in [-0.1, -0.05) is 18.2 Å². The van der Waals surface area contributed by atoms with Crippen LogP contribution in [0.5, 0.6) is 0 Å². The highest BCUT2D eigenvalue weighted by Crippen LogP contribution is 2.23. The third-order valence-electron chi connectivity index (χ3n) is 3.32. The Morgan fingerprint density at radius 2 is 2.12 bits per heavy atom. The lowest BCUT2D eigenvalue weighted by Gasteiger charge is -2.19. The minimum absolute atomic E-state index is 0.0253. The molecule has 0 aliphatic heterocycles. The number of nitrogens with zero attached hydrogens (tertiary/aromatic N) is 1. The molecule has 0 bridgehead atoms. The zero-order valence-electron chi connectivity index (χ0n) is 13.4. The predicted octanol–water partition coefficient (Wildman–Crippen LogP) is 4.34. The third-order valence-corrected chi connectivity index (χ3v) is 4.92. The molecule has 6 heteroatoms. The van der Waals surface area contributed by atoms with Gasteiger partial charge in [0.1, 0.15) is 0 Å². The van der Waals surface area contributed by atoms with E-state index in [1.54, 1.807) is 41.7 Å². The zero-order valence-corrected chi connectivity index (χ0v) is 15.8. The highest BCUT2D eigenvalue weighted by Gasteiger charge is 2.12. The Labute approximate surface area is 154 Å². The topological polar surface area (TPSA) is 49.4 Å². The maximum Gasteiger partial charge on any atom is 0.238 e. The number of hydrogen-bond donors (Lipinski definition) is 1. The van der Waals surface area contributed by atoms with Crippen LogP contribution >= 0.6 is 27.3 Å². The minimum atomic E-state index is -0.117. The van der Waals surface area contributed by atoms with Crippen LogP contribution in [-0.2, 0) is 11.3 Å². The molecule has 1 aromatic carbocycles. The molecule has 0 fully saturated rings. The van der Waals surface area contributed by atoms with Crippen molar-refractivity contribution in [2.24, 2.45) is 0 Å². The fourth-order valence-electron chi connectivity index (χ4n) is 2.24. The van der Waals surface area contributed by atoms with E-state index in [0.29, 0.717) is 24.3 Å². The van der Waals surface area contributed by atoms with E-state index in [1.807, 2.05) is 17.0 Å². The molecule has 1 amide bonds. The average molecular weight is 407 g/mol. The third kappa shape index (κ3) is 5.70. The van der Waals surface area contributed by atoms with Crippen molar-refractivity contribution < 1.29 is 9.59 Å². The van der Waals surface area contributed by atoms with Crippen LogP contribution < -0.4 is 5.32 Å². The van der Waals surface area contributed by atoms with E-state index in [4.69, 9.17) is 0 Å². The summed E-state index contributed by atoms with van der Waals surface area (Å²) in [4.78, 5) is 26.9. The number of Topliss-reactive ketones (excluding diaryl/α,β-unsaturated/α-hetero) is 1. The number of anilines is 1. The van der Waals surface area contributed by atoms with Gasteiger partial charge in [0.15, 0.2) is 5.78 Å². The molecule has 1 aromatic heterocycles. The van der Waals surface area contributed by atoms with Gasteiger partial charge in [0.05, 0.1) is 10.3 Å². The molecule has 0 aliphatic carbocycles. The SMILES string of the molecule is C=CCN(CC(=O)Nc1cccc(C(C)=O)c1)Cc1ccc(Br)s1. The monoisotopic (exact) mass is 406 g/mol. The summed E-state index contributed by atoms with van der Waals surface area (Å²) in [6.45, 7) is 6.82. The Kier molecular flexibility index (Phi) is 6.90. The standard InChI is InChI=1S/C18H19BrN2O2S/c1-3-9-21(11-16-7-8-17(19)24-16)12-18(23)20-15-6-4-5-14(10-15)13(2)22/h3-8,10H,1,9,11-12H2,2H3,(H,20,23). The maximum absolute atomic E-state index is 12.3. The van der Waals surface area contributed by atoms with Crippen LogP contribution in [0.3, 0.4) is 0 Å². The van der Waals surface area contributed by atoms with Crippen molar-refractivity contribution in [1.82, 2.24) is 4.90 Å². The first-order chi connectivity index (χ1) is 11.5. The number of thiophene rings is 1. The molecule has 0 aliphatic rings. The molecule has 126 valence electrons. The van der Waals surface area contributed by atoms with Crippen LogP contribution in [0.25, 0.3) is 0 Å². The zero-order chi connectivity index (χ0) is 17.5. The van der Waals surface area contributed by atoms with Crippen molar-refractivity contribution in [1.29, 1.82) is 0 Å². The van der Waals surface area contributed by atoms with Crippen molar-refractivity contribution in [3.8, 4) is 0 Å². The van der Waals surface area contributed by atoms with Gasteiger partial charge in [-0.2, -0.15) is 0 Å². The van der Waals surface area contributed by atoms with Gasteiger partial charge in [0.25, 0.3) is 0 Å². The number of nitrogens with one attached hydrogen (secondary N) is 1. The van der Waals surface area contributed by atoms with Gasteiger partial charge < -0.3 is 5.32 Å². The van der Waals surface area contributed by atoms with E-state index in [2.05, 4.69) is 27.8 Å². The van der Waals surface area contributed by atoms with Gasteiger partial charge in [0, 0.05) is 29.2 Å². The Morgan fingerprint density at radius 3 is 2.75 bits per heavy atom. The summed E-state index contributed by atoms with van der Waals surface area (Å²) >= 11 is 5.10. The molecule has 0 saturated carbocycles. The summed E-state index contributed by atoms with van der Waals surface area (Å²) in [6, 6.07) is 11.0. The van der Waals surface area contributed by atoms with Gasteiger partial charge in [-0.05, 0) is 47.1 Å². The average Bonchev–Trinajstić information content (AvgIpc) is 2.92. The first-order valence-electron chi connectivity index (χ1n) is 7.46. The molecule has 2 aromatic rings. The van der Waals surface area contributed by atoms with E-state index < -0.39 is 0 Å². The Bertz CT molecular complexity index is 742. The van der Waals surface area contributed by atoms with E-state index in [-0.39, 0.29) is 18.2 Å². The smallest absolute Gasteiger partial charge is 0.238 e.